The molecule has 1 heterocycles. The number of carboxylic acids is 3. The largest absolute Gasteiger partial charge is 0.480 e. The molecule has 1 fully saturated rings. The Balaban J connectivity index is 1.71. The van der Waals surface area contributed by atoms with Crippen LogP contribution in [-0.2, 0) is 32.1 Å². The van der Waals surface area contributed by atoms with Crippen LogP contribution >= 0.6 is 0 Å². The Hall–Kier alpha value is -4.37. The number of hydrogen-bond donors (Lipinski definition) is 5. The second kappa shape index (κ2) is 19.3. The van der Waals surface area contributed by atoms with E-state index in [1.807, 2.05) is 49.4 Å². The molecule has 0 aliphatic carbocycles. The molecule has 1 atom stereocenters. The SMILES string of the molecule is CCNC(=O)C(Cc1ccccc1)NC(=O)c1ccc(CN2CCN(CC(=O)O)CCN(CC(=O)O)CCN(CC(=O)O)CC2)cc1. The van der Waals surface area contributed by atoms with Crippen molar-refractivity contribution in [3.8, 4) is 0 Å². The van der Waals surface area contributed by atoms with E-state index in [9.17, 15) is 39.3 Å². The Morgan fingerprint density at radius 1 is 0.638 bits per heavy atom. The summed E-state index contributed by atoms with van der Waals surface area (Å²) in [5, 5.41) is 33.9. The lowest BCUT2D eigenvalue weighted by Gasteiger charge is -2.33. The lowest BCUT2D eigenvalue weighted by molar-refractivity contribution is -0.140. The number of carbonyl (C=O) groups excluding carboxylic acids is 2. The van der Waals surface area contributed by atoms with Gasteiger partial charge in [-0.1, -0.05) is 42.5 Å². The monoisotopic (exact) mass is 654 g/mol. The molecule has 0 saturated carbocycles. The topological polar surface area (TPSA) is 183 Å². The molecule has 3 rings (SSSR count). The summed E-state index contributed by atoms with van der Waals surface area (Å²) >= 11 is 0. The van der Waals surface area contributed by atoms with E-state index in [1.54, 1.807) is 26.8 Å². The molecular weight excluding hydrogens is 608 g/mol. The van der Waals surface area contributed by atoms with Crippen LogP contribution in [0.4, 0.5) is 0 Å². The Kier molecular flexibility index (Phi) is 15.3. The molecule has 1 saturated heterocycles. The maximum Gasteiger partial charge on any atom is 0.317 e. The number of carboxylic acid groups (broad SMARTS) is 3. The quantitative estimate of drug-likeness (QED) is 0.186. The Labute approximate surface area is 274 Å². The number of rotatable bonds is 14. The highest BCUT2D eigenvalue weighted by Gasteiger charge is 2.23. The smallest absolute Gasteiger partial charge is 0.317 e. The summed E-state index contributed by atoms with van der Waals surface area (Å²) in [4.78, 5) is 67.7. The minimum Gasteiger partial charge on any atom is -0.480 e. The highest BCUT2D eigenvalue weighted by atomic mass is 16.4. The minimum atomic E-state index is -1.00. The normalized spacial score (nSPS) is 16.7. The first kappa shape index (κ1) is 37.1. The van der Waals surface area contributed by atoms with Gasteiger partial charge in [0.05, 0.1) is 19.6 Å². The number of hydrogen-bond acceptors (Lipinski definition) is 9. The van der Waals surface area contributed by atoms with Gasteiger partial charge in [0, 0.05) is 77.4 Å². The molecule has 256 valence electrons. The van der Waals surface area contributed by atoms with Gasteiger partial charge in [0.2, 0.25) is 5.91 Å². The summed E-state index contributed by atoms with van der Waals surface area (Å²) in [6.07, 6.45) is 0.348. The van der Waals surface area contributed by atoms with Gasteiger partial charge in [-0.25, -0.2) is 0 Å². The van der Waals surface area contributed by atoms with Gasteiger partial charge in [0.15, 0.2) is 0 Å². The second-order valence-electron chi connectivity index (χ2n) is 11.6. The van der Waals surface area contributed by atoms with Gasteiger partial charge in [-0.2, -0.15) is 0 Å². The van der Waals surface area contributed by atoms with Gasteiger partial charge in [-0.05, 0) is 30.2 Å². The fourth-order valence-corrected chi connectivity index (χ4v) is 5.40. The maximum atomic E-state index is 13.2. The highest BCUT2D eigenvalue weighted by molar-refractivity contribution is 5.97. The van der Waals surface area contributed by atoms with Crippen LogP contribution in [0.15, 0.2) is 54.6 Å². The molecule has 1 aliphatic rings. The second-order valence-corrected chi connectivity index (χ2v) is 11.6. The zero-order valence-corrected chi connectivity index (χ0v) is 26.8. The van der Waals surface area contributed by atoms with Crippen LogP contribution in [0, 0.1) is 0 Å². The van der Waals surface area contributed by atoms with Crippen molar-refractivity contribution in [3.63, 3.8) is 0 Å². The lowest BCUT2D eigenvalue weighted by atomic mass is 10.0. The average Bonchev–Trinajstić information content (AvgIpc) is 3.02. The van der Waals surface area contributed by atoms with E-state index in [4.69, 9.17) is 0 Å². The molecule has 0 radical (unpaired) electrons. The van der Waals surface area contributed by atoms with Gasteiger partial charge in [-0.15, -0.1) is 0 Å². The number of likely N-dealkylation sites (N-methyl/N-ethyl adjacent to an activating group) is 1. The van der Waals surface area contributed by atoms with Crippen molar-refractivity contribution < 1.29 is 39.3 Å². The third-order valence-corrected chi connectivity index (χ3v) is 7.88. The van der Waals surface area contributed by atoms with E-state index in [1.165, 1.54) is 0 Å². The van der Waals surface area contributed by atoms with Crippen molar-refractivity contribution in [2.75, 3.05) is 78.5 Å². The molecular formula is C33H46N6O8. The molecule has 14 heteroatoms. The van der Waals surface area contributed by atoms with E-state index in [0.29, 0.717) is 77.4 Å². The predicted octanol–water partition coefficient (Wildman–Crippen LogP) is 0.139. The molecule has 2 aromatic carbocycles. The third kappa shape index (κ3) is 13.9. The predicted molar refractivity (Wildman–Crippen MR) is 174 cm³/mol. The minimum absolute atomic E-state index is 0.189. The maximum absolute atomic E-state index is 13.2. The fraction of sp³-hybridized carbons (Fsp3) is 0.485. The number of nitrogens with zero attached hydrogens (tertiary/aromatic N) is 4. The van der Waals surface area contributed by atoms with Crippen LogP contribution in [0.5, 0.6) is 0 Å². The van der Waals surface area contributed by atoms with Crippen LogP contribution < -0.4 is 10.6 Å². The number of aliphatic carboxylic acids is 3. The summed E-state index contributed by atoms with van der Waals surface area (Å²) in [7, 11) is 0. The molecule has 47 heavy (non-hydrogen) atoms. The zero-order chi connectivity index (χ0) is 34.2. The summed E-state index contributed by atoms with van der Waals surface area (Å²) < 4.78 is 0. The van der Waals surface area contributed by atoms with Crippen molar-refractivity contribution in [2.24, 2.45) is 0 Å². The summed E-state index contributed by atoms with van der Waals surface area (Å²) in [5.41, 5.74) is 2.23. The van der Waals surface area contributed by atoms with Crippen molar-refractivity contribution in [1.82, 2.24) is 30.2 Å². The Morgan fingerprint density at radius 2 is 1.09 bits per heavy atom. The zero-order valence-electron chi connectivity index (χ0n) is 26.8. The van der Waals surface area contributed by atoms with Gasteiger partial charge < -0.3 is 26.0 Å². The summed E-state index contributed by atoms with van der Waals surface area (Å²) in [6.45, 7) is 5.29. The van der Waals surface area contributed by atoms with E-state index >= 15 is 0 Å². The molecule has 0 spiro atoms. The van der Waals surface area contributed by atoms with Crippen molar-refractivity contribution in [1.29, 1.82) is 0 Å². The van der Waals surface area contributed by atoms with Crippen LogP contribution in [0.25, 0.3) is 0 Å². The highest BCUT2D eigenvalue weighted by Crippen LogP contribution is 2.11. The average molecular weight is 655 g/mol. The Bertz CT molecular complexity index is 1290. The van der Waals surface area contributed by atoms with Crippen LogP contribution in [0.2, 0.25) is 0 Å². The first-order valence-electron chi connectivity index (χ1n) is 15.8. The fourth-order valence-electron chi connectivity index (χ4n) is 5.40. The first-order chi connectivity index (χ1) is 22.5. The van der Waals surface area contributed by atoms with E-state index in [0.717, 1.165) is 11.1 Å². The molecule has 2 amide bonds. The Morgan fingerprint density at radius 3 is 1.51 bits per heavy atom. The lowest BCUT2D eigenvalue weighted by Crippen LogP contribution is -2.48. The molecule has 2 aromatic rings. The molecule has 14 nitrogen and oxygen atoms in total. The number of nitrogens with one attached hydrogen (secondary N) is 2. The van der Waals surface area contributed by atoms with E-state index < -0.39 is 23.9 Å². The molecule has 0 bridgehead atoms. The standard InChI is InChI=1S/C33H46N6O8/c1-2-34-33(47)28(20-25-6-4-3-5-7-25)35-32(46)27-10-8-26(9-11-27)21-36-12-14-37(22-29(40)41)16-18-39(24-31(44)45)19-17-38(15-13-36)23-30(42)43/h3-11,28H,2,12-24H2,1H3,(H,34,47)(H,35,46)(H,40,41)(H,42,43)(H,44,45). The van der Waals surface area contributed by atoms with Gasteiger partial charge >= 0.3 is 17.9 Å². The first-order valence-corrected chi connectivity index (χ1v) is 15.8. The van der Waals surface area contributed by atoms with Gasteiger partial charge in [-0.3, -0.25) is 43.6 Å². The molecule has 0 aromatic heterocycles. The van der Waals surface area contributed by atoms with Crippen molar-refractivity contribution in [2.45, 2.75) is 25.9 Å². The third-order valence-electron chi connectivity index (χ3n) is 7.88. The van der Waals surface area contributed by atoms with E-state index in [-0.39, 0.29) is 31.4 Å². The summed E-state index contributed by atoms with van der Waals surface area (Å²) in [5.74, 6) is -3.60. The van der Waals surface area contributed by atoms with Crippen LogP contribution in [-0.4, -0.2) is 149 Å². The van der Waals surface area contributed by atoms with Gasteiger partial charge in [0.25, 0.3) is 5.91 Å². The van der Waals surface area contributed by atoms with Crippen LogP contribution in [0.1, 0.15) is 28.4 Å². The number of amides is 2. The number of carbonyl (C=O) groups is 5. The number of benzene rings is 2. The van der Waals surface area contributed by atoms with Crippen molar-refractivity contribution in [3.05, 3.63) is 71.3 Å². The van der Waals surface area contributed by atoms with Gasteiger partial charge in [0.1, 0.15) is 6.04 Å². The van der Waals surface area contributed by atoms with E-state index in [2.05, 4.69) is 15.5 Å². The molecule has 1 aliphatic heterocycles. The molecule has 5 N–H and O–H groups in total. The molecule has 1 unspecified atom stereocenters. The van der Waals surface area contributed by atoms with Crippen molar-refractivity contribution >= 4 is 29.7 Å². The van der Waals surface area contributed by atoms with Crippen LogP contribution in [0.3, 0.4) is 0 Å². The summed E-state index contributed by atoms with van der Waals surface area (Å²) in [6, 6.07) is 15.8.